The lowest BCUT2D eigenvalue weighted by molar-refractivity contribution is 0.213. The van der Waals surface area contributed by atoms with Crippen molar-refractivity contribution >= 4 is 0 Å². The molecule has 6 heteroatoms. The van der Waals surface area contributed by atoms with Gasteiger partial charge in [-0.2, -0.15) is 0 Å². The molecule has 0 amide bonds. The summed E-state index contributed by atoms with van der Waals surface area (Å²) in [7, 11) is 0. The summed E-state index contributed by atoms with van der Waals surface area (Å²) in [6.07, 6.45) is 6.14. The van der Waals surface area contributed by atoms with E-state index < -0.39 is 0 Å². The van der Waals surface area contributed by atoms with Gasteiger partial charge in [0, 0.05) is 31.9 Å². The largest absolute Gasteiger partial charge is 0.311 e. The summed E-state index contributed by atoms with van der Waals surface area (Å²) in [5, 5.41) is 11.7. The zero-order valence-electron chi connectivity index (χ0n) is 13.2. The van der Waals surface area contributed by atoms with Crippen molar-refractivity contribution in [3.05, 3.63) is 11.9 Å². The highest BCUT2D eigenvalue weighted by atomic mass is 15.4. The summed E-state index contributed by atoms with van der Waals surface area (Å²) >= 11 is 0. The van der Waals surface area contributed by atoms with Crippen LogP contribution in [0.2, 0.25) is 0 Å². The SMILES string of the molecule is CCNCc1cn(CCN2CCCN3CCCC3C2)nn1. The van der Waals surface area contributed by atoms with Crippen LogP contribution in [-0.4, -0.2) is 70.1 Å². The molecule has 1 N–H and O–H groups in total. The van der Waals surface area contributed by atoms with Gasteiger partial charge in [-0.05, 0) is 45.4 Å². The molecular weight excluding hydrogens is 264 g/mol. The van der Waals surface area contributed by atoms with Crippen LogP contribution in [0.15, 0.2) is 6.20 Å². The van der Waals surface area contributed by atoms with Gasteiger partial charge in [0.1, 0.15) is 0 Å². The Morgan fingerprint density at radius 1 is 1.24 bits per heavy atom. The van der Waals surface area contributed by atoms with E-state index in [1.165, 1.54) is 45.4 Å². The van der Waals surface area contributed by atoms with Crippen LogP contribution in [0.25, 0.3) is 0 Å². The first-order chi connectivity index (χ1) is 10.3. The molecule has 1 unspecified atom stereocenters. The molecule has 0 aromatic carbocycles. The second kappa shape index (κ2) is 7.33. The van der Waals surface area contributed by atoms with E-state index in [0.29, 0.717) is 0 Å². The van der Waals surface area contributed by atoms with E-state index in [9.17, 15) is 0 Å². The van der Waals surface area contributed by atoms with Gasteiger partial charge < -0.3 is 5.32 Å². The van der Waals surface area contributed by atoms with Crippen LogP contribution in [0, 0.1) is 0 Å². The molecule has 2 aliphatic rings. The summed E-state index contributed by atoms with van der Waals surface area (Å²) in [6, 6.07) is 0.799. The third-order valence-corrected chi connectivity index (χ3v) is 4.68. The molecule has 1 atom stereocenters. The minimum atomic E-state index is 0.799. The molecule has 1 aromatic rings. The normalized spacial score (nSPS) is 24.1. The van der Waals surface area contributed by atoms with E-state index in [-0.39, 0.29) is 0 Å². The molecule has 0 bridgehead atoms. The number of hydrogen-bond donors (Lipinski definition) is 1. The maximum atomic E-state index is 4.23. The first kappa shape index (κ1) is 14.9. The monoisotopic (exact) mass is 292 g/mol. The van der Waals surface area contributed by atoms with Gasteiger partial charge >= 0.3 is 0 Å². The van der Waals surface area contributed by atoms with Crippen LogP contribution < -0.4 is 5.32 Å². The van der Waals surface area contributed by atoms with E-state index in [1.54, 1.807) is 0 Å². The Morgan fingerprint density at radius 2 is 2.14 bits per heavy atom. The Bertz CT molecular complexity index is 432. The Balaban J connectivity index is 1.46. The van der Waals surface area contributed by atoms with E-state index in [0.717, 1.165) is 37.9 Å². The molecule has 0 radical (unpaired) electrons. The summed E-state index contributed by atoms with van der Waals surface area (Å²) in [5.74, 6) is 0. The van der Waals surface area contributed by atoms with Gasteiger partial charge in [0.2, 0.25) is 0 Å². The molecule has 3 heterocycles. The average Bonchev–Trinajstić information content (AvgIpc) is 3.08. The maximum absolute atomic E-state index is 4.23. The molecule has 118 valence electrons. The van der Waals surface area contributed by atoms with Crippen molar-refractivity contribution in [2.75, 3.05) is 39.3 Å². The number of hydrogen-bond acceptors (Lipinski definition) is 5. The van der Waals surface area contributed by atoms with Gasteiger partial charge in [-0.25, -0.2) is 0 Å². The Morgan fingerprint density at radius 3 is 3.05 bits per heavy atom. The number of nitrogens with zero attached hydrogens (tertiary/aromatic N) is 5. The van der Waals surface area contributed by atoms with Crippen molar-refractivity contribution < 1.29 is 0 Å². The number of nitrogens with one attached hydrogen (secondary N) is 1. The highest BCUT2D eigenvalue weighted by Crippen LogP contribution is 2.21. The lowest BCUT2D eigenvalue weighted by Gasteiger charge is -2.25. The van der Waals surface area contributed by atoms with Crippen LogP contribution in [0.3, 0.4) is 0 Å². The Hall–Kier alpha value is -0.980. The van der Waals surface area contributed by atoms with Crippen LogP contribution in [0.1, 0.15) is 31.9 Å². The van der Waals surface area contributed by atoms with Crippen molar-refractivity contribution in [3.8, 4) is 0 Å². The quantitative estimate of drug-likeness (QED) is 0.830. The number of fused-ring (bicyclic) bond motifs is 1. The van der Waals surface area contributed by atoms with E-state index in [2.05, 4.69) is 38.5 Å². The van der Waals surface area contributed by atoms with Crippen molar-refractivity contribution in [2.45, 2.75) is 45.3 Å². The topological polar surface area (TPSA) is 49.2 Å². The van der Waals surface area contributed by atoms with Gasteiger partial charge in [0.15, 0.2) is 0 Å². The summed E-state index contributed by atoms with van der Waals surface area (Å²) in [6.45, 7) is 11.0. The minimum Gasteiger partial charge on any atom is -0.311 e. The fraction of sp³-hybridized carbons (Fsp3) is 0.867. The molecule has 6 nitrogen and oxygen atoms in total. The molecule has 3 rings (SSSR count). The van der Waals surface area contributed by atoms with Crippen molar-refractivity contribution in [1.82, 2.24) is 30.1 Å². The summed E-state index contributed by atoms with van der Waals surface area (Å²) < 4.78 is 1.99. The fourth-order valence-electron chi connectivity index (χ4n) is 3.51. The highest BCUT2D eigenvalue weighted by Gasteiger charge is 2.28. The third-order valence-electron chi connectivity index (χ3n) is 4.68. The zero-order chi connectivity index (χ0) is 14.5. The van der Waals surface area contributed by atoms with Gasteiger partial charge in [-0.1, -0.05) is 12.1 Å². The minimum absolute atomic E-state index is 0.799. The first-order valence-electron chi connectivity index (χ1n) is 8.41. The van der Waals surface area contributed by atoms with Crippen LogP contribution in [0.4, 0.5) is 0 Å². The summed E-state index contributed by atoms with van der Waals surface area (Å²) in [4.78, 5) is 5.30. The van der Waals surface area contributed by atoms with Crippen LogP contribution >= 0.6 is 0 Å². The lowest BCUT2D eigenvalue weighted by Crippen LogP contribution is -2.37. The Labute approximate surface area is 127 Å². The average molecular weight is 292 g/mol. The molecule has 1 aromatic heterocycles. The maximum Gasteiger partial charge on any atom is 0.0964 e. The second-order valence-electron chi connectivity index (χ2n) is 6.24. The molecule has 0 spiro atoms. The van der Waals surface area contributed by atoms with Crippen molar-refractivity contribution in [1.29, 1.82) is 0 Å². The highest BCUT2D eigenvalue weighted by molar-refractivity contribution is 4.91. The van der Waals surface area contributed by atoms with Gasteiger partial charge in [-0.3, -0.25) is 14.5 Å². The number of rotatable bonds is 6. The molecule has 2 aliphatic heterocycles. The molecular formula is C15H28N6. The van der Waals surface area contributed by atoms with Crippen molar-refractivity contribution in [2.24, 2.45) is 0 Å². The second-order valence-corrected chi connectivity index (χ2v) is 6.24. The molecule has 0 saturated carbocycles. The first-order valence-corrected chi connectivity index (χ1v) is 8.41. The summed E-state index contributed by atoms with van der Waals surface area (Å²) in [5.41, 5.74) is 1.04. The predicted octanol–water partition coefficient (Wildman–Crippen LogP) is 0.558. The molecule has 0 aliphatic carbocycles. The van der Waals surface area contributed by atoms with Gasteiger partial charge in [0.05, 0.1) is 12.2 Å². The van der Waals surface area contributed by atoms with Crippen molar-refractivity contribution in [3.63, 3.8) is 0 Å². The van der Waals surface area contributed by atoms with E-state index in [1.807, 2.05) is 4.68 Å². The van der Waals surface area contributed by atoms with Crippen LogP contribution in [-0.2, 0) is 13.1 Å². The van der Waals surface area contributed by atoms with Crippen LogP contribution in [0.5, 0.6) is 0 Å². The molecule has 2 fully saturated rings. The van der Waals surface area contributed by atoms with Gasteiger partial charge in [-0.15, -0.1) is 5.10 Å². The predicted molar refractivity (Wildman–Crippen MR) is 83.1 cm³/mol. The third kappa shape index (κ3) is 4.02. The molecule has 2 saturated heterocycles. The Kier molecular flexibility index (Phi) is 5.22. The number of aromatic nitrogens is 3. The van der Waals surface area contributed by atoms with E-state index in [4.69, 9.17) is 0 Å². The molecule has 21 heavy (non-hydrogen) atoms. The standard InChI is InChI=1S/C15H28N6/c1-2-16-11-14-12-21(18-17-14)10-9-19-6-4-8-20-7-3-5-15(20)13-19/h12,15-16H,2-11,13H2,1H3. The smallest absolute Gasteiger partial charge is 0.0964 e. The van der Waals surface area contributed by atoms with E-state index >= 15 is 0 Å². The zero-order valence-corrected chi connectivity index (χ0v) is 13.2. The fourth-order valence-corrected chi connectivity index (χ4v) is 3.51. The lowest BCUT2D eigenvalue weighted by atomic mass is 10.2. The van der Waals surface area contributed by atoms with Gasteiger partial charge in [0.25, 0.3) is 0 Å².